The third-order valence-electron chi connectivity index (χ3n) is 4.89. The van der Waals surface area contributed by atoms with Gasteiger partial charge in [0.05, 0.1) is 0 Å². The lowest BCUT2D eigenvalue weighted by molar-refractivity contribution is 0.0950. The number of carbonyl (C=O) groups is 1. The van der Waals surface area contributed by atoms with Crippen molar-refractivity contribution in [2.24, 2.45) is 16.7 Å². The highest BCUT2D eigenvalue weighted by atomic mass is 19.1. The number of carbonyl (C=O) groups excluding carboxylic acids is 1. The molecule has 3 heteroatoms. The van der Waals surface area contributed by atoms with Crippen LogP contribution < -0.4 is 5.32 Å². The molecule has 1 fully saturated rings. The van der Waals surface area contributed by atoms with Crippen molar-refractivity contribution in [3.8, 4) is 0 Å². The summed E-state index contributed by atoms with van der Waals surface area (Å²) < 4.78 is 12.7. The van der Waals surface area contributed by atoms with Crippen molar-refractivity contribution in [3.05, 3.63) is 35.6 Å². The molecule has 1 N–H and O–H groups in total. The molecule has 1 aliphatic rings. The first kappa shape index (κ1) is 13.1. The zero-order chi connectivity index (χ0) is 13.6. The predicted octanol–water partition coefficient (Wildman–Crippen LogP) is 3.24. The van der Waals surface area contributed by atoms with E-state index in [1.807, 2.05) is 0 Å². The van der Waals surface area contributed by atoms with Crippen molar-refractivity contribution in [2.75, 3.05) is 6.54 Å². The predicted molar refractivity (Wildman–Crippen MR) is 69.8 cm³/mol. The summed E-state index contributed by atoms with van der Waals surface area (Å²) in [6.45, 7) is 9.57. The van der Waals surface area contributed by atoms with Crippen LogP contribution in [0.15, 0.2) is 24.3 Å². The van der Waals surface area contributed by atoms with E-state index < -0.39 is 0 Å². The summed E-state index contributed by atoms with van der Waals surface area (Å²) in [6.07, 6.45) is 0. The Hall–Kier alpha value is -1.38. The lowest BCUT2D eigenvalue weighted by Crippen LogP contribution is -2.27. The Kier molecular flexibility index (Phi) is 2.96. The molecule has 1 saturated carbocycles. The van der Waals surface area contributed by atoms with Gasteiger partial charge in [0.15, 0.2) is 0 Å². The number of amides is 1. The van der Waals surface area contributed by atoms with Gasteiger partial charge in [-0.25, -0.2) is 4.39 Å². The maximum atomic E-state index is 12.7. The van der Waals surface area contributed by atoms with Crippen molar-refractivity contribution in [1.82, 2.24) is 5.32 Å². The molecule has 98 valence electrons. The monoisotopic (exact) mass is 249 g/mol. The first-order chi connectivity index (χ1) is 8.26. The Balaban J connectivity index is 1.92. The van der Waals surface area contributed by atoms with Gasteiger partial charge >= 0.3 is 0 Å². The largest absolute Gasteiger partial charge is 0.352 e. The van der Waals surface area contributed by atoms with Crippen molar-refractivity contribution in [3.63, 3.8) is 0 Å². The zero-order valence-electron chi connectivity index (χ0n) is 11.4. The van der Waals surface area contributed by atoms with Gasteiger partial charge in [0.25, 0.3) is 5.91 Å². The molecule has 0 aliphatic heterocycles. The molecule has 2 nitrogen and oxygen atoms in total. The summed E-state index contributed by atoms with van der Waals surface area (Å²) in [6, 6.07) is 5.63. The summed E-state index contributed by atoms with van der Waals surface area (Å²) in [5, 5.41) is 2.93. The molecule has 0 bridgehead atoms. The van der Waals surface area contributed by atoms with Crippen LogP contribution in [-0.4, -0.2) is 12.5 Å². The molecule has 0 spiro atoms. The van der Waals surface area contributed by atoms with E-state index in [4.69, 9.17) is 0 Å². The molecule has 0 saturated heterocycles. The van der Waals surface area contributed by atoms with Crippen LogP contribution in [0.4, 0.5) is 4.39 Å². The van der Waals surface area contributed by atoms with Gasteiger partial charge in [-0.05, 0) is 41.0 Å². The Bertz CT molecular complexity index is 448. The second-order valence-electron chi connectivity index (χ2n) is 6.21. The maximum Gasteiger partial charge on any atom is 0.251 e. The normalized spacial score (nSPS) is 20.5. The summed E-state index contributed by atoms with van der Waals surface area (Å²) in [5.41, 5.74) is 1.04. The highest BCUT2D eigenvalue weighted by Crippen LogP contribution is 2.67. The average Bonchev–Trinajstić information content (AvgIpc) is 2.67. The van der Waals surface area contributed by atoms with E-state index in [0.717, 1.165) is 0 Å². The van der Waals surface area contributed by atoms with Crippen molar-refractivity contribution in [2.45, 2.75) is 27.7 Å². The number of benzene rings is 1. The van der Waals surface area contributed by atoms with E-state index in [2.05, 4.69) is 33.0 Å². The number of rotatable bonds is 3. The molecule has 0 heterocycles. The summed E-state index contributed by atoms with van der Waals surface area (Å²) in [5.74, 6) is 0.0407. The topological polar surface area (TPSA) is 29.1 Å². The van der Waals surface area contributed by atoms with Gasteiger partial charge < -0.3 is 5.32 Å². The Morgan fingerprint density at radius 3 is 2.11 bits per heavy atom. The molecule has 1 aromatic rings. The summed E-state index contributed by atoms with van der Waals surface area (Å²) >= 11 is 0. The van der Waals surface area contributed by atoms with E-state index in [1.165, 1.54) is 24.3 Å². The van der Waals surface area contributed by atoms with Crippen LogP contribution in [0.3, 0.4) is 0 Å². The molecule has 0 aromatic heterocycles. The average molecular weight is 249 g/mol. The van der Waals surface area contributed by atoms with Crippen molar-refractivity contribution < 1.29 is 9.18 Å². The maximum absolute atomic E-state index is 12.7. The molecule has 0 unspecified atom stereocenters. The lowest BCUT2D eigenvalue weighted by Gasteiger charge is -2.06. The number of nitrogens with one attached hydrogen (secondary N) is 1. The molecule has 1 amide bonds. The van der Waals surface area contributed by atoms with Gasteiger partial charge in [0.2, 0.25) is 0 Å². The zero-order valence-corrected chi connectivity index (χ0v) is 11.4. The van der Waals surface area contributed by atoms with E-state index in [1.54, 1.807) is 0 Å². The van der Waals surface area contributed by atoms with Gasteiger partial charge in [-0.2, -0.15) is 0 Å². The quantitative estimate of drug-likeness (QED) is 0.875. The fraction of sp³-hybridized carbons (Fsp3) is 0.533. The fourth-order valence-electron chi connectivity index (χ4n) is 2.74. The van der Waals surface area contributed by atoms with Crippen molar-refractivity contribution in [1.29, 1.82) is 0 Å². The standard InChI is InChI=1S/C15H20FNO/c1-14(2)12(15(14,3)4)9-17-13(18)10-5-7-11(16)8-6-10/h5-8,12H,9H2,1-4H3,(H,17,18). The summed E-state index contributed by atoms with van der Waals surface area (Å²) in [7, 11) is 0. The van der Waals surface area contributed by atoms with Crippen LogP contribution in [-0.2, 0) is 0 Å². The molecular formula is C15H20FNO. The SMILES string of the molecule is CC1(C)C(CNC(=O)c2ccc(F)cc2)C1(C)C. The van der Waals surface area contributed by atoms with E-state index in [-0.39, 0.29) is 22.6 Å². The number of halogens is 1. The Morgan fingerprint density at radius 2 is 1.67 bits per heavy atom. The van der Waals surface area contributed by atoms with Crippen LogP contribution in [0.2, 0.25) is 0 Å². The molecule has 0 radical (unpaired) electrons. The molecule has 0 atom stereocenters. The highest BCUT2D eigenvalue weighted by molar-refractivity contribution is 5.94. The van der Waals surface area contributed by atoms with Gasteiger partial charge in [-0.15, -0.1) is 0 Å². The van der Waals surface area contributed by atoms with Crippen LogP contribution in [0.25, 0.3) is 0 Å². The second kappa shape index (κ2) is 4.08. The molecule has 1 aliphatic carbocycles. The minimum Gasteiger partial charge on any atom is -0.352 e. The van der Waals surface area contributed by atoms with Crippen LogP contribution in [0, 0.1) is 22.6 Å². The second-order valence-corrected chi connectivity index (χ2v) is 6.21. The molecular weight excluding hydrogens is 229 g/mol. The fourth-order valence-corrected chi connectivity index (χ4v) is 2.74. The molecule has 2 rings (SSSR count). The van der Waals surface area contributed by atoms with Gasteiger partial charge in [-0.1, -0.05) is 27.7 Å². The minimum atomic E-state index is -0.323. The first-order valence-electron chi connectivity index (χ1n) is 6.30. The van der Waals surface area contributed by atoms with Crippen LogP contribution in [0.5, 0.6) is 0 Å². The Labute approximate surface area is 108 Å². The minimum absolute atomic E-state index is 0.131. The smallest absolute Gasteiger partial charge is 0.251 e. The first-order valence-corrected chi connectivity index (χ1v) is 6.30. The van der Waals surface area contributed by atoms with Gasteiger partial charge in [0, 0.05) is 12.1 Å². The molecule has 1 aromatic carbocycles. The van der Waals surface area contributed by atoms with Crippen LogP contribution in [0.1, 0.15) is 38.1 Å². The van der Waals surface area contributed by atoms with Crippen LogP contribution >= 0.6 is 0 Å². The van der Waals surface area contributed by atoms with E-state index in [0.29, 0.717) is 18.0 Å². The number of hydrogen-bond acceptors (Lipinski definition) is 1. The third kappa shape index (κ3) is 2.02. The van der Waals surface area contributed by atoms with Gasteiger partial charge in [-0.3, -0.25) is 4.79 Å². The lowest BCUT2D eigenvalue weighted by atomic mass is 10.0. The van der Waals surface area contributed by atoms with Gasteiger partial charge in [0.1, 0.15) is 5.82 Å². The van der Waals surface area contributed by atoms with E-state index in [9.17, 15) is 9.18 Å². The number of hydrogen-bond donors (Lipinski definition) is 1. The Morgan fingerprint density at radius 1 is 1.17 bits per heavy atom. The summed E-state index contributed by atoms with van der Waals surface area (Å²) in [4.78, 5) is 11.9. The van der Waals surface area contributed by atoms with E-state index >= 15 is 0 Å². The van der Waals surface area contributed by atoms with Crippen molar-refractivity contribution >= 4 is 5.91 Å². The third-order valence-corrected chi connectivity index (χ3v) is 4.89. The molecule has 18 heavy (non-hydrogen) atoms. The highest BCUT2D eigenvalue weighted by Gasteiger charge is 2.64.